The summed E-state index contributed by atoms with van der Waals surface area (Å²) in [6, 6.07) is 18.1. The Kier molecular flexibility index (Phi) is 7.14. The Balaban J connectivity index is 1.48. The zero-order valence-electron chi connectivity index (χ0n) is 23.6. The van der Waals surface area contributed by atoms with Crippen molar-refractivity contribution < 1.29 is 1.37 Å². The van der Waals surface area contributed by atoms with E-state index >= 15 is 0 Å². The van der Waals surface area contributed by atoms with Gasteiger partial charge in [0.1, 0.15) is 16.9 Å². The first-order chi connectivity index (χ1) is 20.3. The van der Waals surface area contributed by atoms with Crippen LogP contribution in [0.4, 0.5) is 11.4 Å². The maximum absolute atomic E-state index is 10.0. The van der Waals surface area contributed by atoms with Crippen molar-refractivity contribution in [1.82, 2.24) is 25.0 Å². The largest absolute Gasteiger partial charge is 0.377 e. The molecule has 0 aliphatic heterocycles. The molecule has 2 N–H and O–H groups in total. The normalized spacial score (nSPS) is 15.5. The molecule has 1 aliphatic rings. The van der Waals surface area contributed by atoms with Crippen LogP contribution in [0.2, 0.25) is 10.2 Å². The number of nitrogens with one attached hydrogen (secondary N) is 2. The molecular weight excluding hydrogens is 555 g/mol. The first-order valence-electron chi connectivity index (χ1n) is 14.0. The number of pyridine rings is 2. The number of nitriles is 1. The number of benzene rings is 2. The lowest BCUT2D eigenvalue weighted by molar-refractivity contribution is 0.610. The predicted molar refractivity (Wildman–Crippen MR) is 162 cm³/mol. The van der Waals surface area contributed by atoms with Gasteiger partial charge in [-0.2, -0.15) is 5.26 Å². The van der Waals surface area contributed by atoms with Gasteiger partial charge in [0.05, 0.1) is 47.5 Å². The molecule has 0 radical (unpaired) electrons. The standard InChI is InChI=1S/C31H28Cl2N8/c1-3-26(19-7-5-4-6-8-19)38-29-20(15-34)16-35-30-24(29)13-21(14-25(30)32)37-31(23-11-12-28(33)36-18(23)2)27-17-41(40-39-27)22-9-10-22/h4-8,11-14,16-17,22,26,31,37H,3,9-10H2,1-2H3,(H,35,38)/t26-,31?/m1/s1/i31D. The monoisotopic (exact) mass is 583 g/mol. The number of nitrogens with zero attached hydrogens (tertiary/aromatic N) is 6. The van der Waals surface area contributed by atoms with Crippen LogP contribution in [0.1, 0.15) is 73.7 Å². The summed E-state index contributed by atoms with van der Waals surface area (Å²) in [7, 11) is 0. The zero-order chi connectivity index (χ0) is 29.4. The van der Waals surface area contributed by atoms with Gasteiger partial charge >= 0.3 is 0 Å². The lowest BCUT2D eigenvalue weighted by Crippen LogP contribution is -2.15. The molecule has 2 aromatic carbocycles. The van der Waals surface area contributed by atoms with Gasteiger partial charge in [-0.15, -0.1) is 5.10 Å². The van der Waals surface area contributed by atoms with Gasteiger partial charge in [-0.25, -0.2) is 9.67 Å². The number of hydrogen-bond acceptors (Lipinski definition) is 7. The molecule has 1 saturated carbocycles. The molecule has 0 saturated heterocycles. The Morgan fingerprint density at radius 2 is 1.95 bits per heavy atom. The highest BCUT2D eigenvalue weighted by Crippen LogP contribution is 2.38. The number of fused-ring (bicyclic) bond motifs is 1. The number of anilines is 2. The van der Waals surface area contributed by atoms with Gasteiger partial charge in [0.2, 0.25) is 0 Å². The van der Waals surface area contributed by atoms with E-state index in [9.17, 15) is 6.63 Å². The first kappa shape index (κ1) is 25.8. The molecule has 10 heteroatoms. The van der Waals surface area contributed by atoms with Crippen LogP contribution < -0.4 is 10.6 Å². The van der Waals surface area contributed by atoms with E-state index in [1.165, 1.54) is 6.20 Å². The van der Waals surface area contributed by atoms with Crippen molar-refractivity contribution in [2.24, 2.45) is 0 Å². The Labute approximate surface area is 249 Å². The number of halogens is 2. The first-order valence-corrected chi connectivity index (χ1v) is 14.2. The smallest absolute Gasteiger partial charge is 0.129 e. The van der Waals surface area contributed by atoms with E-state index in [2.05, 4.69) is 56.0 Å². The molecule has 3 heterocycles. The summed E-state index contributed by atoms with van der Waals surface area (Å²) in [5.74, 6) is 0. The molecule has 8 nitrogen and oxygen atoms in total. The van der Waals surface area contributed by atoms with E-state index in [1.807, 2.05) is 42.1 Å². The summed E-state index contributed by atoms with van der Waals surface area (Å²) in [4.78, 5) is 8.91. The lowest BCUT2D eigenvalue weighted by Gasteiger charge is -2.23. The van der Waals surface area contributed by atoms with Gasteiger partial charge in [0, 0.05) is 28.5 Å². The van der Waals surface area contributed by atoms with E-state index in [-0.39, 0.29) is 6.04 Å². The third kappa shape index (κ3) is 5.56. The SMILES string of the molecule is [2H]C(Nc1cc(Cl)c2ncc(C#N)c(N[C@H](CC)c3ccccc3)c2c1)(c1cn(C2CC2)nn1)c1ccc(Cl)nc1C. The average Bonchev–Trinajstić information content (AvgIpc) is 3.71. The highest BCUT2D eigenvalue weighted by Gasteiger charge is 2.28. The highest BCUT2D eigenvalue weighted by atomic mass is 35.5. The van der Waals surface area contributed by atoms with Crippen LogP contribution >= 0.6 is 23.2 Å². The molecule has 1 unspecified atom stereocenters. The molecular formula is C31H28Cl2N8. The van der Waals surface area contributed by atoms with Gasteiger partial charge in [-0.3, -0.25) is 4.98 Å². The van der Waals surface area contributed by atoms with E-state index in [4.69, 9.17) is 23.2 Å². The molecule has 6 rings (SSSR count). The second-order valence-corrected chi connectivity index (χ2v) is 10.9. The number of aryl methyl sites for hydroxylation is 1. The van der Waals surface area contributed by atoms with Gasteiger partial charge in [0.25, 0.3) is 0 Å². The third-order valence-electron chi connectivity index (χ3n) is 7.25. The van der Waals surface area contributed by atoms with Gasteiger partial charge in [-0.05, 0) is 49.9 Å². The van der Waals surface area contributed by atoms with Crippen LogP contribution in [-0.2, 0) is 0 Å². The fourth-order valence-electron chi connectivity index (χ4n) is 4.97. The summed E-state index contributed by atoms with van der Waals surface area (Å²) in [6.07, 6.45) is 6.21. The van der Waals surface area contributed by atoms with Crippen LogP contribution in [0.5, 0.6) is 0 Å². The molecule has 41 heavy (non-hydrogen) atoms. The number of aromatic nitrogens is 5. The third-order valence-corrected chi connectivity index (χ3v) is 7.75. The second kappa shape index (κ2) is 11.4. The molecule has 5 aromatic rings. The van der Waals surface area contributed by atoms with Crippen molar-refractivity contribution in [2.75, 3.05) is 10.6 Å². The topological polar surface area (TPSA) is 104 Å². The summed E-state index contributed by atoms with van der Waals surface area (Å²) < 4.78 is 11.6. The lowest BCUT2D eigenvalue weighted by atomic mass is 10.0. The van der Waals surface area contributed by atoms with Crippen molar-refractivity contribution in [3.8, 4) is 6.07 Å². The Bertz CT molecular complexity index is 1820. The zero-order valence-corrected chi connectivity index (χ0v) is 24.1. The Morgan fingerprint density at radius 1 is 1.15 bits per heavy atom. The molecule has 0 bridgehead atoms. The van der Waals surface area contributed by atoms with Crippen molar-refractivity contribution in [3.05, 3.63) is 105 Å². The van der Waals surface area contributed by atoms with E-state index in [0.29, 0.717) is 61.0 Å². The highest BCUT2D eigenvalue weighted by molar-refractivity contribution is 6.36. The van der Waals surface area contributed by atoms with Gasteiger partial charge in [0.15, 0.2) is 0 Å². The van der Waals surface area contributed by atoms with Crippen molar-refractivity contribution in [3.63, 3.8) is 0 Å². The molecule has 1 fully saturated rings. The van der Waals surface area contributed by atoms with Crippen molar-refractivity contribution in [1.29, 1.82) is 5.26 Å². The van der Waals surface area contributed by atoms with Crippen molar-refractivity contribution >= 4 is 45.5 Å². The second-order valence-electron chi connectivity index (χ2n) is 10.1. The maximum atomic E-state index is 10.0. The number of rotatable bonds is 9. The molecule has 2 atom stereocenters. The summed E-state index contributed by atoms with van der Waals surface area (Å²) >= 11 is 13.0. The Hall–Kier alpha value is -4.19. The van der Waals surface area contributed by atoms with Crippen LogP contribution in [-0.4, -0.2) is 25.0 Å². The van der Waals surface area contributed by atoms with Gasteiger partial charge < -0.3 is 10.6 Å². The molecule has 206 valence electrons. The van der Waals surface area contributed by atoms with E-state index in [0.717, 1.165) is 24.8 Å². The molecule has 0 amide bonds. The van der Waals surface area contributed by atoms with Crippen LogP contribution in [0, 0.1) is 18.3 Å². The Morgan fingerprint density at radius 3 is 2.66 bits per heavy atom. The molecule has 0 spiro atoms. The summed E-state index contributed by atoms with van der Waals surface area (Å²) in [5, 5.41) is 27.1. The fourth-order valence-corrected chi connectivity index (χ4v) is 5.43. The van der Waals surface area contributed by atoms with E-state index in [1.54, 1.807) is 18.2 Å². The summed E-state index contributed by atoms with van der Waals surface area (Å²) in [6.45, 7) is 3.90. The molecule has 1 aliphatic carbocycles. The van der Waals surface area contributed by atoms with Gasteiger partial charge in [-0.1, -0.05) is 71.7 Å². The minimum absolute atomic E-state index is 0.0465. The predicted octanol–water partition coefficient (Wildman–Crippen LogP) is 7.81. The number of hydrogen-bond donors (Lipinski definition) is 2. The maximum Gasteiger partial charge on any atom is 0.129 e. The fraction of sp³-hybridized carbons (Fsp3) is 0.258. The van der Waals surface area contributed by atoms with Crippen LogP contribution in [0.25, 0.3) is 10.9 Å². The van der Waals surface area contributed by atoms with Crippen molar-refractivity contribution in [2.45, 2.75) is 51.2 Å². The van der Waals surface area contributed by atoms with Crippen LogP contribution in [0.15, 0.2) is 67.0 Å². The minimum Gasteiger partial charge on any atom is -0.377 e. The quantitative estimate of drug-likeness (QED) is 0.170. The summed E-state index contributed by atoms with van der Waals surface area (Å²) in [5.41, 5.74) is 4.79. The molecule has 3 aromatic heterocycles. The van der Waals surface area contributed by atoms with E-state index < -0.39 is 6.02 Å². The minimum atomic E-state index is -1.57. The van der Waals surface area contributed by atoms with Crippen LogP contribution in [0.3, 0.4) is 0 Å². The average molecular weight is 585 g/mol.